The van der Waals surface area contributed by atoms with E-state index in [9.17, 15) is 14.0 Å². The minimum absolute atomic E-state index is 0.00306. The van der Waals surface area contributed by atoms with Gasteiger partial charge in [-0.25, -0.2) is 9.07 Å². The Bertz CT molecular complexity index is 1400. The van der Waals surface area contributed by atoms with Gasteiger partial charge < -0.3 is 15.0 Å². The van der Waals surface area contributed by atoms with Crippen molar-refractivity contribution in [2.24, 2.45) is 5.92 Å². The zero-order chi connectivity index (χ0) is 26.5. The second-order valence-corrected chi connectivity index (χ2v) is 9.60. The minimum Gasteiger partial charge on any atom is -0.457 e. The summed E-state index contributed by atoms with van der Waals surface area (Å²) in [5.41, 5.74) is 1.63. The van der Waals surface area contributed by atoms with Crippen molar-refractivity contribution in [3.05, 3.63) is 102 Å². The number of anilines is 1. The lowest BCUT2D eigenvalue weighted by molar-refractivity contribution is -0.137. The Labute approximate surface area is 224 Å². The molecule has 2 atom stereocenters. The van der Waals surface area contributed by atoms with Gasteiger partial charge in [0.2, 0.25) is 11.8 Å². The van der Waals surface area contributed by atoms with Gasteiger partial charge in [-0.2, -0.15) is 0 Å². The summed E-state index contributed by atoms with van der Waals surface area (Å²) in [6.07, 6.45) is 4.34. The van der Waals surface area contributed by atoms with Gasteiger partial charge in [0.25, 0.3) is 0 Å². The lowest BCUT2D eigenvalue weighted by atomic mass is 9.96. The van der Waals surface area contributed by atoms with Crippen molar-refractivity contribution in [2.75, 3.05) is 11.9 Å². The van der Waals surface area contributed by atoms with Gasteiger partial charge in [-0.15, -0.1) is 5.10 Å². The second-order valence-electron chi connectivity index (χ2n) is 9.17. The third kappa shape index (κ3) is 6.36. The molecule has 4 aromatic rings. The van der Waals surface area contributed by atoms with E-state index in [1.165, 1.54) is 35.1 Å². The third-order valence-electron chi connectivity index (χ3n) is 6.36. The maximum atomic E-state index is 13.4. The molecule has 1 aliphatic heterocycles. The average Bonchev–Trinajstić information content (AvgIpc) is 3.57. The van der Waals surface area contributed by atoms with Gasteiger partial charge in [0.05, 0.1) is 6.20 Å². The van der Waals surface area contributed by atoms with Crippen molar-refractivity contribution in [3.8, 4) is 11.5 Å². The molecule has 1 aromatic heterocycles. The van der Waals surface area contributed by atoms with Gasteiger partial charge >= 0.3 is 0 Å². The van der Waals surface area contributed by atoms with Crippen molar-refractivity contribution in [1.82, 2.24) is 19.9 Å². The summed E-state index contributed by atoms with van der Waals surface area (Å²) in [4.78, 5) is 28.2. The van der Waals surface area contributed by atoms with Crippen LogP contribution in [-0.4, -0.2) is 44.3 Å². The molecule has 0 bridgehead atoms. The maximum absolute atomic E-state index is 13.4. The largest absolute Gasteiger partial charge is 0.457 e. The standard InChI is InChI=1S/C28H25ClFN5O3/c29-21-3-1-2-19(15-21)14-20-16-26(35(17-20)27(36)18-34-13-12-31-33-34)28(37)32-23-6-10-25(11-7-23)38-24-8-4-22(30)5-9-24/h1-13,15,20,26H,14,16-18H2,(H,32,37). The number of ether oxygens (including phenoxy) is 1. The number of hydrogen-bond acceptors (Lipinski definition) is 5. The van der Waals surface area contributed by atoms with E-state index in [2.05, 4.69) is 15.6 Å². The smallest absolute Gasteiger partial charge is 0.247 e. The lowest BCUT2D eigenvalue weighted by Crippen LogP contribution is -2.44. The number of hydrogen-bond donors (Lipinski definition) is 1. The van der Waals surface area contributed by atoms with E-state index in [-0.39, 0.29) is 30.1 Å². The molecular formula is C28H25ClFN5O3. The van der Waals surface area contributed by atoms with Crippen LogP contribution in [0.2, 0.25) is 5.02 Å². The summed E-state index contributed by atoms with van der Waals surface area (Å²) >= 11 is 6.15. The van der Waals surface area contributed by atoms with Gasteiger partial charge in [-0.1, -0.05) is 28.9 Å². The second kappa shape index (κ2) is 11.4. The molecular weight excluding hydrogens is 509 g/mol. The van der Waals surface area contributed by atoms with Crippen LogP contribution in [0.15, 0.2) is 85.2 Å². The molecule has 2 heterocycles. The topological polar surface area (TPSA) is 89.4 Å². The number of carbonyl (C=O) groups excluding carboxylic acids is 2. The number of rotatable bonds is 8. The van der Waals surface area contributed by atoms with Gasteiger partial charge in [-0.05, 0) is 85.0 Å². The molecule has 1 N–H and O–H groups in total. The Hall–Kier alpha value is -4.24. The van der Waals surface area contributed by atoms with E-state index in [0.717, 1.165) is 5.56 Å². The highest BCUT2D eigenvalue weighted by molar-refractivity contribution is 6.30. The summed E-state index contributed by atoms with van der Waals surface area (Å²) in [6, 6.07) is 19.6. The highest BCUT2D eigenvalue weighted by atomic mass is 35.5. The normalized spacial score (nSPS) is 16.8. The van der Waals surface area contributed by atoms with Crippen molar-refractivity contribution in [2.45, 2.75) is 25.4 Å². The van der Waals surface area contributed by atoms with E-state index in [4.69, 9.17) is 16.3 Å². The van der Waals surface area contributed by atoms with Crippen LogP contribution in [0.25, 0.3) is 0 Å². The molecule has 0 spiro atoms. The quantitative estimate of drug-likeness (QED) is 0.346. The highest BCUT2D eigenvalue weighted by Crippen LogP contribution is 2.29. The summed E-state index contributed by atoms with van der Waals surface area (Å²) in [6.45, 7) is 0.450. The molecule has 0 aliphatic carbocycles. The Balaban J connectivity index is 1.27. The monoisotopic (exact) mass is 533 g/mol. The van der Waals surface area contributed by atoms with Crippen LogP contribution in [-0.2, 0) is 22.6 Å². The van der Waals surface area contributed by atoms with Crippen LogP contribution in [0.1, 0.15) is 12.0 Å². The Kier molecular flexibility index (Phi) is 7.65. The third-order valence-corrected chi connectivity index (χ3v) is 6.60. The molecule has 38 heavy (non-hydrogen) atoms. The first-order chi connectivity index (χ1) is 18.4. The Morgan fingerprint density at radius 3 is 2.47 bits per heavy atom. The average molecular weight is 534 g/mol. The summed E-state index contributed by atoms with van der Waals surface area (Å²) in [7, 11) is 0. The molecule has 1 saturated heterocycles. The van der Waals surface area contributed by atoms with E-state index in [1.54, 1.807) is 35.4 Å². The van der Waals surface area contributed by atoms with Gasteiger partial charge in [0.15, 0.2) is 0 Å². The fraction of sp³-hybridized carbons (Fsp3) is 0.214. The van der Waals surface area contributed by atoms with Gasteiger partial charge in [0, 0.05) is 23.5 Å². The minimum atomic E-state index is -0.634. The first-order valence-corrected chi connectivity index (χ1v) is 12.5. The SMILES string of the molecule is O=C(Nc1ccc(Oc2ccc(F)cc2)cc1)C1CC(Cc2cccc(Cl)c2)CN1C(=O)Cn1ccnn1. The summed E-state index contributed by atoms with van der Waals surface area (Å²) in [5, 5.41) is 11.2. The summed E-state index contributed by atoms with van der Waals surface area (Å²) in [5.74, 6) is 0.328. The van der Waals surface area contributed by atoms with Gasteiger partial charge in [0.1, 0.15) is 29.9 Å². The first-order valence-electron chi connectivity index (χ1n) is 12.2. The lowest BCUT2D eigenvalue weighted by Gasteiger charge is -2.24. The number of nitrogens with one attached hydrogen (secondary N) is 1. The zero-order valence-corrected chi connectivity index (χ0v) is 21.1. The number of aromatic nitrogens is 3. The molecule has 0 saturated carbocycles. The predicted octanol–water partition coefficient (Wildman–Crippen LogP) is 4.96. The number of likely N-dealkylation sites (tertiary alicyclic amines) is 1. The summed E-state index contributed by atoms with van der Waals surface area (Å²) < 4.78 is 20.3. The van der Waals surface area contributed by atoms with Crippen molar-refractivity contribution in [1.29, 1.82) is 0 Å². The van der Waals surface area contributed by atoms with Gasteiger partial charge in [-0.3, -0.25) is 9.59 Å². The van der Waals surface area contributed by atoms with Crippen molar-refractivity contribution >= 4 is 29.1 Å². The van der Waals surface area contributed by atoms with E-state index in [0.29, 0.717) is 41.6 Å². The number of carbonyl (C=O) groups is 2. The van der Waals surface area contributed by atoms with Crippen LogP contribution in [0, 0.1) is 11.7 Å². The Morgan fingerprint density at radius 2 is 1.79 bits per heavy atom. The molecule has 0 radical (unpaired) electrons. The Morgan fingerprint density at radius 1 is 1.05 bits per heavy atom. The van der Waals surface area contributed by atoms with Crippen LogP contribution in [0.4, 0.5) is 10.1 Å². The molecule has 1 aliphatic rings. The van der Waals surface area contributed by atoms with Crippen molar-refractivity contribution in [3.63, 3.8) is 0 Å². The maximum Gasteiger partial charge on any atom is 0.247 e. The van der Waals surface area contributed by atoms with E-state index >= 15 is 0 Å². The zero-order valence-electron chi connectivity index (χ0n) is 20.3. The number of amides is 2. The molecule has 2 unspecified atom stereocenters. The van der Waals surface area contributed by atoms with Crippen LogP contribution >= 0.6 is 11.6 Å². The van der Waals surface area contributed by atoms with Crippen LogP contribution < -0.4 is 10.1 Å². The van der Waals surface area contributed by atoms with E-state index in [1.807, 2.05) is 24.3 Å². The highest BCUT2D eigenvalue weighted by Gasteiger charge is 2.39. The molecule has 3 aromatic carbocycles. The number of benzene rings is 3. The first kappa shape index (κ1) is 25.4. The molecule has 1 fully saturated rings. The number of nitrogens with zero attached hydrogens (tertiary/aromatic N) is 4. The molecule has 2 amide bonds. The fourth-order valence-electron chi connectivity index (χ4n) is 4.61. The number of halogens is 2. The fourth-order valence-corrected chi connectivity index (χ4v) is 4.82. The van der Waals surface area contributed by atoms with Crippen molar-refractivity contribution < 1.29 is 18.7 Å². The molecule has 8 nitrogen and oxygen atoms in total. The molecule has 5 rings (SSSR count). The molecule has 194 valence electrons. The van der Waals surface area contributed by atoms with Crippen LogP contribution in [0.5, 0.6) is 11.5 Å². The predicted molar refractivity (Wildman–Crippen MR) is 140 cm³/mol. The van der Waals surface area contributed by atoms with Crippen LogP contribution in [0.3, 0.4) is 0 Å². The molecule has 10 heteroatoms. The van der Waals surface area contributed by atoms with E-state index < -0.39 is 6.04 Å².